The second kappa shape index (κ2) is 5.64. The zero-order valence-corrected chi connectivity index (χ0v) is 12.4. The molecule has 1 fully saturated rings. The third kappa shape index (κ3) is 2.37. The van der Waals surface area contributed by atoms with Crippen LogP contribution in [0.1, 0.15) is 0 Å². The molecule has 1 saturated heterocycles. The maximum absolute atomic E-state index is 4.45. The van der Waals surface area contributed by atoms with E-state index in [0.29, 0.717) is 0 Å². The van der Waals surface area contributed by atoms with Gasteiger partial charge in [-0.3, -0.25) is 4.98 Å². The summed E-state index contributed by atoms with van der Waals surface area (Å²) in [4.78, 5) is 13.7. The molecule has 3 heterocycles. The summed E-state index contributed by atoms with van der Waals surface area (Å²) in [6.07, 6.45) is 3.76. The number of benzene rings is 1. The van der Waals surface area contributed by atoms with Crippen LogP contribution in [0, 0.1) is 0 Å². The molecule has 22 heavy (non-hydrogen) atoms. The van der Waals surface area contributed by atoms with Gasteiger partial charge in [0.2, 0.25) is 0 Å². The Bertz CT molecular complexity index is 759. The fourth-order valence-corrected chi connectivity index (χ4v) is 3.07. The molecule has 0 atom stereocenters. The molecule has 0 bridgehead atoms. The van der Waals surface area contributed by atoms with Gasteiger partial charge < -0.3 is 9.80 Å². The molecule has 4 nitrogen and oxygen atoms in total. The van der Waals surface area contributed by atoms with E-state index in [1.807, 2.05) is 30.6 Å². The van der Waals surface area contributed by atoms with Crippen LogP contribution in [-0.4, -0.2) is 36.1 Å². The number of rotatable bonds is 2. The molecule has 0 radical (unpaired) electrons. The molecule has 0 spiro atoms. The van der Waals surface area contributed by atoms with Gasteiger partial charge in [0, 0.05) is 49.6 Å². The lowest BCUT2D eigenvalue weighted by atomic mass is 10.1. The number of hydrogen-bond donors (Lipinski definition) is 0. The molecule has 1 aromatic carbocycles. The second-order valence-corrected chi connectivity index (χ2v) is 5.51. The first-order chi connectivity index (χ1) is 10.9. The van der Waals surface area contributed by atoms with Gasteiger partial charge in [0.25, 0.3) is 0 Å². The standard InChI is InChI=1S/C18H18N4/c1-2-6-16-15(5-1)17(8-10-19-16)21-11-13-22(14-12-21)18-7-3-4-9-20-18/h1-10H,11-14H2. The van der Waals surface area contributed by atoms with Crippen molar-refractivity contribution in [2.45, 2.75) is 0 Å². The van der Waals surface area contributed by atoms with E-state index in [1.54, 1.807) is 0 Å². The normalized spacial score (nSPS) is 15.3. The largest absolute Gasteiger partial charge is 0.367 e. The monoisotopic (exact) mass is 290 g/mol. The number of piperazine rings is 1. The van der Waals surface area contributed by atoms with Crippen molar-refractivity contribution >= 4 is 22.4 Å². The van der Waals surface area contributed by atoms with Crippen LogP contribution >= 0.6 is 0 Å². The molecular weight excluding hydrogens is 272 g/mol. The van der Waals surface area contributed by atoms with Crippen LogP contribution in [0.5, 0.6) is 0 Å². The molecule has 0 saturated carbocycles. The zero-order valence-electron chi connectivity index (χ0n) is 12.4. The highest BCUT2D eigenvalue weighted by Crippen LogP contribution is 2.26. The lowest BCUT2D eigenvalue weighted by Gasteiger charge is -2.37. The number of para-hydroxylation sites is 1. The van der Waals surface area contributed by atoms with E-state index in [1.165, 1.54) is 11.1 Å². The topological polar surface area (TPSA) is 32.3 Å². The predicted octanol–water partition coefficient (Wildman–Crippen LogP) is 2.96. The Morgan fingerprint density at radius 3 is 2.27 bits per heavy atom. The van der Waals surface area contributed by atoms with Gasteiger partial charge in [-0.2, -0.15) is 0 Å². The van der Waals surface area contributed by atoms with Gasteiger partial charge in [-0.1, -0.05) is 24.3 Å². The summed E-state index contributed by atoms with van der Waals surface area (Å²) in [5.74, 6) is 1.07. The summed E-state index contributed by atoms with van der Waals surface area (Å²) in [5.41, 5.74) is 2.35. The first kappa shape index (κ1) is 13.1. The summed E-state index contributed by atoms with van der Waals surface area (Å²) < 4.78 is 0. The number of aromatic nitrogens is 2. The average Bonchev–Trinajstić information content (AvgIpc) is 2.62. The van der Waals surface area contributed by atoms with Crippen molar-refractivity contribution in [2.24, 2.45) is 0 Å². The van der Waals surface area contributed by atoms with Crippen LogP contribution in [0.4, 0.5) is 11.5 Å². The smallest absolute Gasteiger partial charge is 0.128 e. The Balaban J connectivity index is 1.56. The molecule has 110 valence electrons. The minimum absolute atomic E-state index is 0.994. The molecule has 3 aromatic rings. The number of hydrogen-bond acceptors (Lipinski definition) is 4. The number of nitrogens with zero attached hydrogens (tertiary/aromatic N) is 4. The van der Waals surface area contributed by atoms with E-state index in [2.05, 4.69) is 50.1 Å². The minimum atomic E-state index is 0.994. The maximum Gasteiger partial charge on any atom is 0.128 e. The molecule has 2 aromatic heterocycles. The third-order valence-corrected chi connectivity index (χ3v) is 4.22. The van der Waals surface area contributed by atoms with E-state index in [0.717, 1.165) is 37.5 Å². The molecule has 0 aliphatic carbocycles. The molecule has 1 aliphatic rings. The maximum atomic E-state index is 4.45. The van der Waals surface area contributed by atoms with Crippen molar-refractivity contribution in [1.82, 2.24) is 9.97 Å². The first-order valence-electron chi connectivity index (χ1n) is 7.66. The SMILES string of the molecule is c1ccc(N2CCN(c3ccnc4ccccc34)CC2)nc1. The second-order valence-electron chi connectivity index (χ2n) is 5.51. The van der Waals surface area contributed by atoms with E-state index >= 15 is 0 Å². The van der Waals surface area contributed by atoms with E-state index < -0.39 is 0 Å². The predicted molar refractivity (Wildman–Crippen MR) is 90.4 cm³/mol. The highest BCUT2D eigenvalue weighted by molar-refractivity contribution is 5.91. The molecule has 4 heteroatoms. The molecule has 1 aliphatic heterocycles. The van der Waals surface area contributed by atoms with Crippen LogP contribution in [0.25, 0.3) is 10.9 Å². The Kier molecular flexibility index (Phi) is 3.35. The van der Waals surface area contributed by atoms with Crippen molar-refractivity contribution in [2.75, 3.05) is 36.0 Å². The molecule has 0 amide bonds. The van der Waals surface area contributed by atoms with E-state index in [-0.39, 0.29) is 0 Å². The fraction of sp³-hybridized carbons (Fsp3) is 0.222. The van der Waals surface area contributed by atoms with Gasteiger partial charge in [-0.25, -0.2) is 4.98 Å². The molecular formula is C18H18N4. The van der Waals surface area contributed by atoms with Crippen molar-refractivity contribution < 1.29 is 0 Å². The summed E-state index contributed by atoms with van der Waals surface area (Å²) in [7, 11) is 0. The van der Waals surface area contributed by atoms with Crippen LogP contribution in [0.15, 0.2) is 60.9 Å². The van der Waals surface area contributed by atoms with Gasteiger partial charge in [0.05, 0.1) is 5.52 Å². The molecule has 0 unspecified atom stereocenters. The number of pyridine rings is 2. The number of fused-ring (bicyclic) bond motifs is 1. The zero-order chi connectivity index (χ0) is 14.8. The summed E-state index contributed by atoms with van der Waals surface area (Å²) >= 11 is 0. The lowest BCUT2D eigenvalue weighted by Crippen LogP contribution is -2.46. The van der Waals surface area contributed by atoms with Crippen LogP contribution in [0.2, 0.25) is 0 Å². The van der Waals surface area contributed by atoms with Crippen molar-refractivity contribution in [3.8, 4) is 0 Å². The Morgan fingerprint density at radius 2 is 1.45 bits per heavy atom. The van der Waals surface area contributed by atoms with E-state index in [9.17, 15) is 0 Å². The van der Waals surface area contributed by atoms with Crippen LogP contribution in [0.3, 0.4) is 0 Å². The molecule has 4 rings (SSSR count). The Hall–Kier alpha value is -2.62. The first-order valence-corrected chi connectivity index (χ1v) is 7.66. The number of anilines is 2. The van der Waals surface area contributed by atoms with Crippen LogP contribution in [-0.2, 0) is 0 Å². The Labute approximate surface area is 130 Å². The van der Waals surface area contributed by atoms with Crippen molar-refractivity contribution in [1.29, 1.82) is 0 Å². The van der Waals surface area contributed by atoms with Gasteiger partial charge >= 0.3 is 0 Å². The van der Waals surface area contributed by atoms with Gasteiger partial charge in [0.1, 0.15) is 5.82 Å². The minimum Gasteiger partial charge on any atom is -0.367 e. The van der Waals surface area contributed by atoms with Gasteiger partial charge in [0.15, 0.2) is 0 Å². The van der Waals surface area contributed by atoms with Gasteiger partial charge in [-0.15, -0.1) is 0 Å². The highest BCUT2D eigenvalue weighted by atomic mass is 15.3. The highest BCUT2D eigenvalue weighted by Gasteiger charge is 2.19. The Morgan fingerprint density at radius 1 is 0.682 bits per heavy atom. The van der Waals surface area contributed by atoms with Gasteiger partial charge in [-0.05, 0) is 24.3 Å². The molecule has 0 N–H and O–H groups in total. The summed E-state index contributed by atoms with van der Waals surface area (Å²) in [6, 6.07) is 16.6. The third-order valence-electron chi connectivity index (χ3n) is 4.22. The van der Waals surface area contributed by atoms with Crippen molar-refractivity contribution in [3.05, 3.63) is 60.9 Å². The van der Waals surface area contributed by atoms with Crippen molar-refractivity contribution in [3.63, 3.8) is 0 Å². The van der Waals surface area contributed by atoms with Crippen LogP contribution < -0.4 is 9.80 Å². The quantitative estimate of drug-likeness (QED) is 0.726. The fourth-order valence-electron chi connectivity index (χ4n) is 3.07. The average molecular weight is 290 g/mol. The summed E-state index contributed by atoms with van der Waals surface area (Å²) in [5, 5.41) is 1.23. The van der Waals surface area contributed by atoms with E-state index in [4.69, 9.17) is 0 Å². The lowest BCUT2D eigenvalue weighted by molar-refractivity contribution is 0.649. The summed E-state index contributed by atoms with van der Waals surface area (Å²) in [6.45, 7) is 4.00.